The summed E-state index contributed by atoms with van der Waals surface area (Å²) in [5.74, 6) is 0.768. The van der Waals surface area contributed by atoms with Crippen LogP contribution in [0.3, 0.4) is 0 Å². The van der Waals surface area contributed by atoms with Gasteiger partial charge in [-0.3, -0.25) is 0 Å². The van der Waals surface area contributed by atoms with Crippen LogP contribution in [0.4, 0.5) is 19.1 Å². The van der Waals surface area contributed by atoms with Gasteiger partial charge in [-0.05, 0) is 32.0 Å². The minimum absolute atomic E-state index is 0.122. The Morgan fingerprint density at radius 1 is 1.22 bits per heavy atom. The fourth-order valence-electron chi connectivity index (χ4n) is 4.25. The first-order valence-electron chi connectivity index (χ1n) is 11.6. The third-order valence-electron chi connectivity index (χ3n) is 6.26. The van der Waals surface area contributed by atoms with Crippen molar-refractivity contribution in [2.24, 2.45) is 0 Å². The molecule has 0 amide bonds. The maximum atomic E-state index is 13.3. The van der Waals surface area contributed by atoms with E-state index in [0.29, 0.717) is 11.4 Å². The Morgan fingerprint density at radius 2 is 2.05 bits per heavy atom. The molecule has 2 atom stereocenters. The zero-order valence-corrected chi connectivity index (χ0v) is 20.0. The van der Waals surface area contributed by atoms with E-state index in [-0.39, 0.29) is 40.4 Å². The number of nitrogens with zero attached hydrogens (tertiary/aromatic N) is 6. The summed E-state index contributed by atoms with van der Waals surface area (Å²) in [4.78, 5) is 22.0. The van der Waals surface area contributed by atoms with Crippen molar-refractivity contribution in [1.29, 1.82) is 5.26 Å². The van der Waals surface area contributed by atoms with Crippen LogP contribution in [0.25, 0.3) is 22.3 Å². The summed E-state index contributed by atoms with van der Waals surface area (Å²) in [5.41, 5.74) is 0.868. The molecule has 2 N–H and O–H groups in total. The summed E-state index contributed by atoms with van der Waals surface area (Å²) in [6, 6.07) is 6.46. The first-order valence-corrected chi connectivity index (χ1v) is 11.6. The monoisotopic (exact) mass is 508 g/mol. The standard InChI is InChI=1S/C25H23F3N8O/c1-14(15-3-4-21(30-9-15)37-18-5-6-36(2)13-18)34-24-33-10-16(8-29)22(35-24)20-12-32-23-19(20)7-17(11-31-23)25(26,27)28/h3-4,7,9-12,14,18H,5-6,13H2,1-2H3,(H,31,32)(H,33,34,35)/t14-,18-/m1/s1. The molecule has 0 unspecified atom stereocenters. The predicted molar refractivity (Wildman–Crippen MR) is 130 cm³/mol. The summed E-state index contributed by atoms with van der Waals surface area (Å²) in [6.07, 6.45) is 1.82. The molecule has 0 aromatic carbocycles. The minimum atomic E-state index is -4.55. The number of anilines is 1. The molecule has 0 radical (unpaired) electrons. The lowest BCUT2D eigenvalue weighted by Crippen LogP contribution is -2.21. The van der Waals surface area contributed by atoms with Crippen LogP contribution in [-0.2, 0) is 6.18 Å². The van der Waals surface area contributed by atoms with Crippen LogP contribution < -0.4 is 10.1 Å². The highest BCUT2D eigenvalue weighted by Gasteiger charge is 2.32. The largest absolute Gasteiger partial charge is 0.473 e. The summed E-state index contributed by atoms with van der Waals surface area (Å²) in [5, 5.41) is 13.0. The average molecular weight is 509 g/mol. The van der Waals surface area contributed by atoms with Crippen molar-refractivity contribution >= 4 is 17.0 Å². The maximum absolute atomic E-state index is 13.3. The average Bonchev–Trinajstić information content (AvgIpc) is 3.49. The van der Waals surface area contributed by atoms with Gasteiger partial charge in [0.05, 0.1) is 29.1 Å². The highest BCUT2D eigenvalue weighted by molar-refractivity contribution is 5.94. The van der Waals surface area contributed by atoms with Crippen molar-refractivity contribution in [1.82, 2.24) is 29.8 Å². The molecule has 1 saturated heterocycles. The molecule has 0 saturated carbocycles. The molecule has 0 bridgehead atoms. The quantitative estimate of drug-likeness (QED) is 0.390. The second-order valence-electron chi connectivity index (χ2n) is 8.97. The first kappa shape index (κ1) is 24.5. The van der Waals surface area contributed by atoms with E-state index in [1.807, 2.05) is 25.1 Å². The Kier molecular flexibility index (Phi) is 6.39. The number of rotatable bonds is 6. The van der Waals surface area contributed by atoms with Crippen LogP contribution in [-0.4, -0.2) is 56.1 Å². The van der Waals surface area contributed by atoms with Crippen molar-refractivity contribution in [3.8, 4) is 23.2 Å². The number of halogens is 3. The molecule has 12 heteroatoms. The molecular formula is C25H23F3N8O. The van der Waals surface area contributed by atoms with Gasteiger partial charge in [0.2, 0.25) is 11.8 Å². The maximum Gasteiger partial charge on any atom is 0.417 e. The summed E-state index contributed by atoms with van der Waals surface area (Å²) in [6.45, 7) is 3.76. The van der Waals surface area contributed by atoms with Gasteiger partial charge in [-0.1, -0.05) is 6.07 Å². The Morgan fingerprint density at radius 3 is 2.73 bits per heavy atom. The molecule has 190 valence electrons. The summed E-state index contributed by atoms with van der Waals surface area (Å²) >= 11 is 0. The van der Waals surface area contributed by atoms with E-state index in [4.69, 9.17) is 4.74 Å². The molecule has 9 nitrogen and oxygen atoms in total. The SMILES string of the molecule is C[C@@H](Nc1ncc(C#N)c(-c2c[nH]c3ncc(C(F)(F)F)cc23)n1)c1ccc(O[C@@H]2CCN(C)C2)nc1. The van der Waals surface area contributed by atoms with Gasteiger partial charge in [0.1, 0.15) is 17.8 Å². The van der Waals surface area contributed by atoms with E-state index < -0.39 is 11.7 Å². The molecule has 0 aliphatic carbocycles. The Bertz CT molecular complexity index is 1460. The van der Waals surface area contributed by atoms with Crippen LogP contribution in [0.1, 0.15) is 36.1 Å². The van der Waals surface area contributed by atoms with Crippen LogP contribution in [0, 0.1) is 11.3 Å². The zero-order chi connectivity index (χ0) is 26.2. The lowest BCUT2D eigenvalue weighted by Gasteiger charge is -2.16. The zero-order valence-electron chi connectivity index (χ0n) is 20.0. The van der Waals surface area contributed by atoms with E-state index in [2.05, 4.69) is 42.2 Å². The molecule has 5 heterocycles. The van der Waals surface area contributed by atoms with Crippen molar-refractivity contribution in [3.05, 3.63) is 59.7 Å². The van der Waals surface area contributed by atoms with Crippen LogP contribution >= 0.6 is 0 Å². The van der Waals surface area contributed by atoms with E-state index in [1.54, 1.807) is 6.20 Å². The van der Waals surface area contributed by atoms with E-state index in [0.717, 1.165) is 37.3 Å². The van der Waals surface area contributed by atoms with Gasteiger partial charge in [0.15, 0.2) is 0 Å². The number of likely N-dealkylation sites (N-methyl/N-ethyl adjacent to an activating group) is 1. The normalized spacial score (nSPS) is 17.0. The lowest BCUT2D eigenvalue weighted by molar-refractivity contribution is -0.137. The molecule has 0 spiro atoms. The third-order valence-corrected chi connectivity index (χ3v) is 6.26. The number of nitrogens with one attached hydrogen (secondary N) is 2. The number of pyridine rings is 2. The number of likely N-dealkylation sites (tertiary alicyclic amines) is 1. The first-order chi connectivity index (χ1) is 17.7. The number of ether oxygens (including phenoxy) is 1. The Balaban J connectivity index is 1.38. The van der Waals surface area contributed by atoms with Crippen LogP contribution in [0.15, 0.2) is 43.0 Å². The van der Waals surface area contributed by atoms with E-state index >= 15 is 0 Å². The fourth-order valence-corrected chi connectivity index (χ4v) is 4.25. The molecule has 1 aliphatic rings. The van der Waals surface area contributed by atoms with Crippen LogP contribution in [0.2, 0.25) is 0 Å². The summed E-state index contributed by atoms with van der Waals surface area (Å²) in [7, 11) is 2.05. The number of hydrogen-bond donors (Lipinski definition) is 2. The highest BCUT2D eigenvalue weighted by atomic mass is 19.4. The molecule has 4 aromatic heterocycles. The molecule has 1 fully saturated rings. The third kappa shape index (κ3) is 5.17. The van der Waals surface area contributed by atoms with Crippen molar-refractivity contribution in [3.63, 3.8) is 0 Å². The topological polar surface area (TPSA) is 116 Å². The predicted octanol–water partition coefficient (Wildman–Crippen LogP) is 4.56. The van der Waals surface area contributed by atoms with Crippen molar-refractivity contribution < 1.29 is 17.9 Å². The molecule has 5 rings (SSSR count). The molecule has 4 aromatic rings. The number of H-pyrrole nitrogens is 1. The van der Waals surface area contributed by atoms with Gasteiger partial charge in [-0.2, -0.15) is 18.4 Å². The van der Waals surface area contributed by atoms with Crippen molar-refractivity contribution in [2.75, 3.05) is 25.5 Å². The molecule has 37 heavy (non-hydrogen) atoms. The summed E-state index contributed by atoms with van der Waals surface area (Å²) < 4.78 is 45.7. The van der Waals surface area contributed by atoms with Gasteiger partial charge >= 0.3 is 6.18 Å². The van der Waals surface area contributed by atoms with Crippen LogP contribution in [0.5, 0.6) is 5.88 Å². The fraction of sp³-hybridized carbons (Fsp3) is 0.320. The second-order valence-corrected chi connectivity index (χ2v) is 8.97. The molecule has 1 aliphatic heterocycles. The number of fused-ring (bicyclic) bond motifs is 1. The van der Waals surface area contributed by atoms with E-state index in [9.17, 15) is 18.4 Å². The van der Waals surface area contributed by atoms with Gasteiger partial charge in [-0.25, -0.2) is 19.9 Å². The van der Waals surface area contributed by atoms with Crippen molar-refractivity contribution in [2.45, 2.75) is 31.7 Å². The van der Waals surface area contributed by atoms with Gasteiger partial charge in [0.25, 0.3) is 0 Å². The van der Waals surface area contributed by atoms with E-state index in [1.165, 1.54) is 12.4 Å². The highest BCUT2D eigenvalue weighted by Crippen LogP contribution is 2.35. The molecular weight excluding hydrogens is 485 g/mol. The van der Waals surface area contributed by atoms with Gasteiger partial charge in [-0.15, -0.1) is 0 Å². The minimum Gasteiger partial charge on any atom is -0.473 e. The number of aromatic amines is 1. The smallest absolute Gasteiger partial charge is 0.417 e. The number of aromatic nitrogens is 5. The Labute approximate surface area is 210 Å². The van der Waals surface area contributed by atoms with Gasteiger partial charge < -0.3 is 19.9 Å². The number of hydrogen-bond acceptors (Lipinski definition) is 8. The van der Waals surface area contributed by atoms with Gasteiger partial charge in [0, 0.05) is 48.7 Å². The Hall–Kier alpha value is -4.24. The lowest BCUT2D eigenvalue weighted by atomic mass is 10.1. The second kappa shape index (κ2) is 9.67. The number of nitriles is 1. The number of alkyl halides is 3.